The van der Waals surface area contributed by atoms with Gasteiger partial charge in [0.25, 0.3) is 0 Å². The normalized spacial score (nSPS) is 15.4. The lowest BCUT2D eigenvalue weighted by Gasteiger charge is -2.22. The zero-order valence-corrected chi connectivity index (χ0v) is 10.6. The van der Waals surface area contributed by atoms with Crippen molar-refractivity contribution in [2.45, 2.75) is 38.6 Å². The molecule has 0 spiro atoms. The molecule has 0 saturated heterocycles. The number of hydrogen-bond acceptors (Lipinski definition) is 2. The van der Waals surface area contributed by atoms with Gasteiger partial charge >= 0.3 is 6.18 Å². The molecule has 0 heterocycles. The number of benzene rings is 1. The minimum Gasteiger partial charge on any atom is -0.375 e. The van der Waals surface area contributed by atoms with Gasteiger partial charge in [-0.1, -0.05) is 19.1 Å². The van der Waals surface area contributed by atoms with Gasteiger partial charge in [-0.3, -0.25) is 0 Å². The topological polar surface area (TPSA) is 35.2 Å². The first-order chi connectivity index (χ1) is 8.24. The number of alkyl halides is 3. The van der Waals surface area contributed by atoms with Crippen LogP contribution in [0, 0.1) is 0 Å². The lowest BCUT2D eigenvalue weighted by molar-refractivity contribution is -0.137. The van der Waals surface area contributed by atoms with Crippen molar-refractivity contribution in [1.82, 2.24) is 0 Å². The molecule has 2 nitrogen and oxygen atoms in total. The molecule has 18 heavy (non-hydrogen) atoms. The Bertz CT molecular complexity index is 371. The molecule has 1 aromatic rings. The molecular weight excluding hydrogens is 243 g/mol. The highest BCUT2D eigenvalue weighted by atomic mass is 19.4. The SMILES string of the molecule is CCC(C)(N)COCc1ccc(C(F)(F)F)cc1. The summed E-state index contributed by atoms with van der Waals surface area (Å²) in [5.41, 5.74) is 5.54. The molecule has 0 bridgehead atoms. The fourth-order valence-corrected chi connectivity index (χ4v) is 1.29. The zero-order valence-electron chi connectivity index (χ0n) is 10.6. The van der Waals surface area contributed by atoms with E-state index < -0.39 is 17.3 Å². The maximum atomic E-state index is 12.3. The first kappa shape index (κ1) is 15.0. The van der Waals surface area contributed by atoms with Gasteiger partial charge in [-0.05, 0) is 31.0 Å². The first-order valence-electron chi connectivity index (χ1n) is 5.77. The van der Waals surface area contributed by atoms with Crippen molar-refractivity contribution in [1.29, 1.82) is 0 Å². The highest BCUT2D eigenvalue weighted by molar-refractivity contribution is 5.24. The van der Waals surface area contributed by atoms with E-state index in [2.05, 4.69) is 0 Å². The summed E-state index contributed by atoms with van der Waals surface area (Å²) in [6.45, 7) is 4.48. The molecule has 2 N–H and O–H groups in total. The summed E-state index contributed by atoms with van der Waals surface area (Å²) in [5, 5.41) is 0. The molecule has 0 aliphatic carbocycles. The molecule has 102 valence electrons. The lowest BCUT2D eigenvalue weighted by Crippen LogP contribution is -2.40. The monoisotopic (exact) mass is 261 g/mol. The Balaban J connectivity index is 2.50. The average molecular weight is 261 g/mol. The van der Waals surface area contributed by atoms with E-state index in [1.165, 1.54) is 12.1 Å². The molecule has 1 atom stereocenters. The van der Waals surface area contributed by atoms with Gasteiger partial charge < -0.3 is 10.5 Å². The average Bonchev–Trinajstić information content (AvgIpc) is 2.28. The van der Waals surface area contributed by atoms with Crippen LogP contribution in [0.2, 0.25) is 0 Å². The van der Waals surface area contributed by atoms with E-state index in [1.54, 1.807) is 0 Å². The Morgan fingerprint density at radius 1 is 1.17 bits per heavy atom. The van der Waals surface area contributed by atoms with Crippen LogP contribution in [0.4, 0.5) is 13.2 Å². The third kappa shape index (κ3) is 4.66. The second kappa shape index (κ2) is 5.71. The third-order valence-corrected chi connectivity index (χ3v) is 2.79. The van der Waals surface area contributed by atoms with Crippen LogP contribution in [-0.4, -0.2) is 12.1 Å². The minimum absolute atomic E-state index is 0.269. The maximum absolute atomic E-state index is 12.3. The van der Waals surface area contributed by atoms with Crippen LogP contribution < -0.4 is 5.73 Å². The Hall–Kier alpha value is -1.07. The summed E-state index contributed by atoms with van der Waals surface area (Å²) >= 11 is 0. The lowest BCUT2D eigenvalue weighted by atomic mass is 10.0. The molecule has 1 aromatic carbocycles. The molecule has 0 radical (unpaired) electrons. The predicted octanol–water partition coefficient (Wildman–Crippen LogP) is 3.35. The van der Waals surface area contributed by atoms with E-state index in [0.29, 0.717) is 12.2 Å². The summed E-state index contributed by atoms with van der Waals surface area (Å²) in [5.74, 6) is 0. The van der Waals surface area contributed by atoms with E-state index in [-0.39, 0.29) is 6.61 Å². The van der Waals surface area contributed by atoms with Crippen molar-refractivity contribution in [3.8, 4) is 0 Å². The van der Waals surface area contributed by atoms with Crippen molar-refractivity contribution >= 4 is 0 Å². The van der Waals surface area contributed by atoms with Gasteiger partial charge in [0.15, 0.2) is 0 Å². The zero-order chi connectivity index (χ0) is 13.8. The Kier molecular flexibility index (Phi) is 4.76. The number of nitrogens with two attached hydrogens (primary N) is 1. The van der Waals surface area contributed by atoms with Gasteiger partial charge in [0, 0.05) is 5.54 Å². The van der Waals surface area contributed by atoms with Gasteiger partial charge in [-0.15, -0.1) is 0 Å². The molecule has 0 saturated carbocycles. The quantitative estimate of drug-likeness (QED) is 0.882. The van der Waals surface area contributed by atoms with E-state index in [0.717, 1.165) is 18.6 Å². The Morgan fingerprint density at radius 2 is 1.72 bits per heavy atom. The van der Waals surface area contributed by atoms with Gasteiger partial charge in [-0.2, -0.15) is 13.2 Å². The Labute approximate surface area is 105 Å². The summed E-state index contributed by atoms with van der Waals surface area (Å²) in [6, 6.07) is 4.95. The molecule has 0 aliphatic heterocycles. The van der Waals surface area contributed by atoms with Crippen molar-refractivity contribution in [3.05, 3.63) is 35.4 Å². The standard InChI is InChI=1S/C13H18F3NO/c1-3-12(2,17)9-18-8-10-4-6-11(7-5-10)13(14,15)16/h4-7H,3,8-9,17H2,1-2H3. The molecular formula is C13H18F3NO. The van der Waals surface area contributed by atoms with E-state index in [9.17, 15) is 13.2 Å². The van der Waals surface area contributed by atoms with Crippen molar-refractivity contribution < 1.29 is 17.9 Å². The van der Waals surface area contributed by atoms with Crippen LogP contribution in [0.15, 0.2) is 24.3 Å². The largest absolute Gasteiger partial charge is 0.416 e. The smallest absolute Gasteiger partial charge is 0.375 e. The third-order valence-electron chi connectivity index (χ3n) is 2.79. The fourth-order valence-electron chi connectivity index (χ4n) is 1.29. The van der Waals surface area contributed by atoms with Crippen LogP contribution in [0.5, 0.6) is 0 Å². The highest BCUT2D eigenvalue weighted by Crippen LogP contribution is 2.29. The van der Waals surface area contributed by atoms with Crippen LogP contribution in [0.3, 0.4) is 0 Å². The predicted molar refractivity (Wildman–Crippen MR) is 64.0 cm³/mol. The van der Waals surface area contributed by atoms with Crippen molar-refractivity contribution in [3.63, 3.8) is 0 Å². The van der Waals surface area contributed by atoms with E-state index in [1.807, 2.05) is 13.8 Å². The number of ether oxygens (including phenoxy) is 1. The van der Waals surface area contributed by atoms with Crippen molar-refractivity contribution in [2.24, 2.45) is 5.73 Å². The second-order valence-electron chi connectivity index (χ2n) is 4.70. The van der Waals surface area contributed by atoms with Gasteiger partial charge in [0.1, 0.15) is 0 Å². The fraction of sp³-hybridized carbons (Fsp3) is 0.538. The molecule has 0 aromatic heterocycles. The molecule has 0 fully saturated rings. The van der Waals surface area contributed by atoms with Crippen LogP contribution in [0.1, 0.15) is 31.4 Å². The molecule has 1 unspecified atom stereocenters. The van der Waals surface area contributed by atoms with Crippen LogP contribution >= 0.6 is 0 Å². The molecule has 0 aliphatic rings. The summed E-state index contributed by atoms with van der Waals surface area (Å²) in [6.07, 6.45) is -3.52. The Morgan fingerprint density at radius 3 is 2.17 bits per heavy atom. The maximum Gasteiger partial charge on any atom is 0.416 e. The van der Waals surface area contributed by atoms with Crippen LogP contribution in [0.25, 0.3) is 0 Å². The molecule has 0 amide bonds. The molecule has 5 heteroatoms. The number of hydrogen-bond donors (Lipinski definition) is 1. The summed E-state index contributed by atoms with van der Waals surface area (Å²) in [4.78, 5) is 0. The number of halogens is 3. The van der Waals surface area contributed by atoms with E-state index >= 15 is 0 Å². The first-order valence-corrected chi connectivity index (χ1v) is 5.77. The van der Waals surface area contributed by atoms with Gasteiger partial charge in [0.2, 0.25) is 0 Å². The van der Waals surface area contributed by atoms with Crippen molar-refractivity contribution in [2.75, 3.05) is 6.61 Å². The minimum atomic E-state index is -4.29. The highest BCUT2D eigenvalue weighted by Gasteiger charge is 2.29. The second-order valence-corrected chi connectivity index (χ2v) is 4.70. The summed E-state index contributed by atoms with van der Waals surface area (Å²) in [7, 11) is 0. The van der Waals surface area contributed by atoms with Gasteiger partial charge in [0.05, 0.1) is 18.8 Å². The van der Waals surface area contributed by atoms with E-state index in [4.69, 9.17) is 10.5 Å². The summed E-state index contributed by atoms with van der Waals surface area (Å²) < 4.78 is 42.4. The number of rotatable bonds is 5. The van der Waals surface area contributed by atoms with Gasteiger partial charge in [-0.25, -0.2) is 0 Å². The molecule has 1 rings (SSSR count). The van der Waals surface area contributed by atoms with Crippen LogP contribution in [-0.2, 0) is 17.5 Å².